The normalized spacial score (nSPS) is 16.2. The minimum atomic E-state index is -0.527. The van der Waals surface area contributed by atoms with E-state index in [1.165, 1.54) is 35.6 Å². The van der Waals surface area contributed by atoms with E-state index in [1.54, 1.807) is 0 Å². The lowest BCUT2D eigenvalue weighted by atomic mass is 10.0. The molecule has 1 aliphatic heterocycles. The molecule has 3 rings (SSSR count). The van der Waals surface area contributed by atoms with Crippen molar-refractivity contribution in [3.05, 3.63) is 71.3 Å². The first-order chi connectivity index (χ1) is 12.3. The third-order valence-corrected chi connectivity index (χ3v) is 5.02. The lowest BCUT2D eigenvalue weighted by Gasteiger charge is -2.09. The second-order valence-electron chi connectivity index (χ2n) is 5.79. The zero-order valence-electron chi connectivity index (χ0n) is 14.2. The number of carbonyl (C=O) groups excluding carboxylic acids is 1. The topological polar surface area (TPSA) is 47.9 Å². The van der Waals surface area contributed by atoms with Crippen molar-refractivity contribution in [1.82, 2.24) is 0 Å². The summed E-state index contributed by atoms with van der Waals surface area (Å²) in [5.41, 5.74) is 3.95. The average molecular weight is 355 g/mol. The molecule has 0 N–H and O–H groups in total. The maximum absolute atomic E-state index is 11.5. The highest BCUT2D eigenvalue weighted by Gasteiger charge is 2.26. The summed E-state index contributed by atoms with van der Waals surface area (Å²) in [7, 11) is 1.37. The smallest absolute Gasteiger partial charge is 0.334 e. The highest BCUT2D eigenvalue weighted by molar-refractivity contribution is 8.12. The number of ether oxygens (including phenoxy) is 2. The molecule has 1 unspecified atom stereocenters. The third kappa shape index (κ3) is 4.86. The van der Waals surface area contributed by atoms with Crippen molar-refractivity contribution in [3.63, 3.8) is 0 Å². The summed E-state index contributed by atoms with van der Waals surface area (Å²) < 4.78 is 10.2. The number of nitrogens with zero attached hydrogens (tertiary/aromatic N) is 1. The molecule has 0 radical (unpaired) electrons. The van der Waals surface area contributed by atoms with Gasteiger partial charge in [-0.15, -0.1) is 0 Å². The Morgan fingerprint density at radius 3 is 2.60 bits per heavy atom. The molecule has 1 atom stereocenters. The summed E-state index contributed by atoms with van der Waals surface area (Å²) in [5.74, 6) is 0.427. The van der Waals surface area contributed by atoms with Gasteiger partial charge in [-0.1, -0.05) is 66.4 Å². The number of aliphatic imine (C=N–C) groups is 1. The largest absolute Gasteiger partial charge is 0.470 e. The number of thioether (sulfide) groups is 1. The number of hydrogen-bond donors (Lipinski definition) is 0. The Balaban J connectivity index is 1.59. The van der Waals surface area contributed by atoms with Crippen LogP contribution in [-0.4, -0.2) is 31.0 Å². The number of rotatable bonds is 6. The van der Waals surface area contributed by atoms with Crippen LogP contribution in [0.3, 0.4) is 0 Å². The second kappa shape index (κ2) is 8.72. The lowest BCUT2D eigenvalue weighted by molar-refractivity contribution is -0.142. The molecular weight excluding hydrogens is 334 g/mol. The van der Waals surface area contributed by atoms with Gasteiger partial charge in [-0.05, 0) is 29.5 Å². The van der Waals surface area contributed by atoms with Crippen molar-refractivity contribution in [1.29, 1.82) is 0 Å². The van der Waals surface area contributed by atoms with E-state index in [1.807, 2.05) is 6.07 Å². The first-order valence-corrected chi connectivity index (χ1v) is 9.27. The van der Waals surface area contributed by atoms with E-state index in [-0.39, 0.29) is 12.6 Å². The summed E-state index contributed by atoms with van der Waals surface area (Å²) in [4.78, 5) is 15.8. The highest BCUT2D eigenvalue weighted by Crippen LogP contribution is 2.23. The van der Waals surface area contributed by atoms with Crippen LogP contribution in [0.1, 0.15) is 16.7 Å². The van der Waals surface area contributed by atoms with Gasteiger partial charge in [0.25, 0.3) is 0 Å². The molecule has 2 aromatic rings. The molecule has 0 bridgehead atoms. The third-order valence-electron chi connectivity index (χ3n) is 4.09. The predicted molar refractivity (Wildman–Crippen MR) is 101 cm³/mol. The fourth-order valence-electron chi connectivity index (χ4n) is 2.69. The van der Waals surface area contributed by atoms with Crippen LogP contribution in [0.15, 0.2) is 59.6 Å². The van der Waals surface area contributed by atoms with E-state index >= 15 is 0 Å². The molecule has 0 saturated carbocycles. The molecule has 0 aliphatic carbocycles. The molecule has 4 nitrogen and oxygen atoms in total. The summed E-state index contributed by atoms with van der Waals surface area (Å²) in [6.45, 7) is 0.269. The molecule has 130 valence electrons. The van der Waals surface area contributed by atoms with Crippen molar-refractivity contribution < 1.29 is 14.3 Å². The van der Waals surface area contributed by atoms with Crippen LogP contribution in [0.5, 0.6) is 0 Å². The predicted octanol–water partition coefficient (Wildman–Crippen LogP) is 3.63. The Hall–Kier alpha value is -2.27. The zero-order valence-corrected chi connectivity index (χ0v) is 15.0. The molecular formula is C20H21NO3S. The molecule has 1 aliphatic rings. The lowest BCUT2D eigenvalue weighted by Crippen LogP contribution is -2.21. The highest BCUT2D eigenvalue weighted by atomic mass is 32.2. The number of carbonyl (C=O) groups is 1. The summed E-state index contributed by atoms with van der Waals surface area (Å²) >= 11 is 1.52. The number of benzene rings is 2. The SMILES string of the molecule is COC(=O)C1COC(SCc2ccccc2CCc2ccccc2)=N1. The van der Waals surface area contributed by atoms with Gasteiger partial charge in [0.15, 0.2) is 6.04 Å². The van der Waals surface area contributed by atoms with Crippen LogP contribution in [0.4, 0.5) is 0 Å². The van der Waals surface area contributed by atoms with Crippen LogP contribution in [0.2, 0.25) is 0 Å². The van der Waals surface area contributed by atoms with E-state index < -0.39 is 6.04 Å². The van der Waals surface area contributed by atoms with Gasteiger partial charge in [0.2, 0.25) is 5.23 Å². The standard InChI is InChI=1S/C20H21NO3S/c1-23-19(22)18-13-24-20(21-18)25-14-17-10-6-5-9-16(17)12-11-15-7-3-2-4-8-15/h2-10,18H,11-14H2,1H3. The fraction of sp³-hybridized carbons (Fsp3) is 0.300. The zero-order chi connectivity index (χ0) is 17.5. The average Bonchev–Trinajstić information content (AvgIpc) is 3.14. The number of hydrogen-bond acceptors (Lipinski definition) is 5. The summed E-state index contributed by atoms with van der Waals surface area (Å²) in [6.07, 6.45) is 2.02. The molecule has 0 spiro atoms. The van der Waals surface area contributed by atoms with Crippen molar-refractivity contribution in [2.24, 2.45) is 4.99 Å². The fourth-order valence-corrected chi connectivity index (χ4v) is 3.61. The monoisotopic (exact) mass is 355 g/mol. The van der Waals surface area contributed by atoms with Gasteiger partial charge in [-0.25, -0.2) is 9.79 Å². The Morgan fingerprint density at radius 2 is 1.84 bits per heavy atom. The minimum absolute atomic E-state index is 0.269. The quantitative estimate of drug-likeness (QED) is 0.743. The molecule has 0 amide bonds. The van der Waals surface area contributed by atoms with E-state index in [9.17, 15) is 4.79 Å². The van der Waals surface area contributed by atoms with Gasteiger partial charge in [-0.2, -0.15) is 0 Å². The molecule has 5 heteroatoms. The van der Waals surface area contributed by atoms with Crippen molar-refractivity contribution in [3.8, 4) is 0 Å². The van der Waals surface area contributed by atoms with Crippen molar-refractivity contribution >= 4 is 23.0 Å². The Morgan fingerprint density at radius 1 is 1.12 bits per heavy atom. The summed E-state index contributed by atoms with van der Waals surface area (Å²) in [6, 6.07) is 18.4. The molecule has 2 aromatic carbocycles. The van der Waals surface area contributed by atoms with Crippen LogP contribution in [0, 0.1) is 0 Å². The Labute approximate surface area is 152 Å². The van der Waals surface area contributed by atoms with Gasteiger partial charge >= 0.3 is 5.97 Å². The van der Waals surface area contributed by atoms with Crippen LogP contribution < -0.4 is 0 Å². The minimum Gasteiger partial charge on any atom is -0.470 e. The van der Waals surface area contributed by atoms with E-state index in [4.69, 9.17) is 9.47 Å². The maximum Gasteiger partial charge on any atom is 0.334 e. The molecule has 0 fully saturated rings. The van der Waals surface area contributed by atoms with Gasteiger partial charge in [0.05, 0.1) is 7.11 Å². The van der Waals surface area contributed by atoms with Crippen LogP contribution >= 0.6 is 11.8 Å². The summed E-state index contributed by atoms with van der Waals surface area (Å²) in [5, 5.41) is 0.563. The Kier molecular flexibility index (Phi) is 6.12. The number of aryl methyl sites for hydroxylation is 2. The van der Waals surface area contributed by atoms with Gasteiger partial charge in [0, 0.05) is 5.75 Å². The van der Waals surface area contributed by atoms with Crippen molar-refractivity contribution in [2.75, 3.05) is 13.7 Å². The van der Waals surface area contributed by atoms with Gasteiger partial charge < -0.3 is 9.47 Å². The molecule has 25 heavy (non-hydrogen) atoms. The molecule has 1 heterocycles. The molecule has 0 aromatic heterocycles. The first-order valence-electron chi connectivity index (χ1n) is 8.28. The molecule has 0 saturated heterocycles. The van der Waals surface area contributed by atoms with E-state index in [0.717, 1.165) is 18.6 Å². The second-order valence-corrected chi connectivity index (χ2v) is 6.71. The Bertz CT molecular complexity index is 746. The van der Waals surface area contributed by atoms with Crippen LogP contribution in [-0.2, 0) is 32.9 Å². The van der Waals surface area contributed by atoms with E-state index in [0.29, 0.717) is 5.23 Å². The van der Waals surface area contributed by atoms with Gasteiger partial charge in [-0.3, -0.25) is 0 Å². The maximum atomic E-state index is 11.5. The van der Waals surface area contributed by atoms with E-state index in [2.05, 4.69) is 53.5 Å². The number of esters is 1. The van der Waals surface area contributed by atoms with Crippen molar-refractivity contribution in [2.45, 2.75) is 24.6 Å². The van der Waals surface area contributed by atoms with Gasteiger partial charge in [0.1, 0.15) is 6.61 Å². The number of methoxy groups -OCH3 is 1. The van der Waals surface area contributed by atoms with Crippen LogP contribution in [0.25, 0.3) is 0 Å². The first kappa shape index (κ1) is 17.5.